The standard InChI is InChI=1S/C17H15ClNO4/c1-22-15-8-2-12(3-9-15)11-23-17(21)19-16(10-20)13-4-6-14(18)7-5-13/h2-9,16H,11H2,1H3,(H,19,21). The van der Waals surface area contributed by atoms with Gasteiger partial charge in [0.15, 0.2) is 0 Å². The Balaban J connectivity index is 1.89. The van der Waals surface area contributed by atoms with Gasteiger partial charge in [0.2, 0.25) is 6.29 Å². The Bertz CT molecular complexity index is 655. The Labute approximate surface area is 139 Å². The Kier molecular flexibility index (Phi) is 6.00. The van der Waals surface area contributed by atoms with Gasteiger partial charge < -0.3 is 14.8 Å². The largest absolute Gasteiger partial charge is 0.497 e. The monoisotopic (exact) mass is 332 g/mol. The van der Waals surface area contributed by atoms with Crippen molar-refractivity contribution in [2.75, 3.05) is 7.11 Å². The summed E-state index contributed by atoms with van der Waals surface area (Å²) in [6.07, 6.45) is 1.06. The number of amides is 1. The van der Waals surface area contributed by atoms with E-state index in [1.54, 1.807) is 61.9 Å². The fraction of sp³-hybridized carbons (Fsp3) is 0.176. The summed E-state index contributed by atoms with van der Waals surface area (Å²) in [5.74, 6) is 0.719. The Morgan fingerprint density at radius 2 is 1.83 bits per heavy atom. The average molecular weight is 333 g/mol. The molecule has 0 aliphatic heterocycles. The number of nitrogens with one attached hydrogen (secondary N) is 1. The molecular weight excluding hydrogens is 318 g/mol. The van der Waals surface area contributed by atoms with Crippen LogP contribution in [-0.2, 0) is 16.1 Å². The van der Waals surface area contributed by atoms with E-state index in [1.807, 2.05) is 0 Å². The van der Waals surface area contributed by atoms with E-state index in [4.69, 9.17) is 21.1 Å². The number of alkyl carbamates (subject to hydrolysis) is 1. The zero-order chi connectivity index (χ0) is 16.7. The molecule has 2 aromatic carbocycles. The Morgan fingerprint density at radius 3 is 2.39 bits per heavy atom. The first-order valence-corrected chi connectivity index (χ1v) is 7.19. The highest BCUT2D eigenvalue weighted by Gasteiger charge is 2.15. The number of hydrogen-bond donors (Lipinski definition) is 1. The molecule has 0 aromatic heterocycles. The number of ether oxygens (including phenoxy) is 2. The van der Waals surface area contributed by atoms with Crippen molar-refractivity contribution < 1.29 is 19.1 Å². The van der Waals surface area contributed by atoms with Crippen molar-refractivity contribution in [1.82, 2.24) is 5.32 Å². The minimum Gasteiger partial charge on any atom is -0.497 e. The number of methoxy groups -OCH3 is 1. The van der Waals surface area contributed by atoms with Crippen LogP contribution < -0.4 is 10.1 Å². The molecule has 0 aliphatic carbocycles. The highest BCUT2D eigenvalue weighted by Crippen LogP contribution is 2.16. The van der Waals surface area contributed by atoms with Crippen LogP contribution in [0.25, 0.3) is 0 Å². The van der Waals surface area contributed by atoms with Crippen LogP contribution >= 0.6 is 11.6 Å². The molecule has 0 bridgehead atoms. The van der Waals surface area contributed by atoms with Crippen molar-refractivity contribution in [3.63, 3.8) is 0 Å². The molecule has 2 aromatic rings. The van der Waals surface area contributed by atoms with E-state index in [0.717, 1.165) is 11.3 Å². The van der Waals surface area contributed by atoms with Gasteiger partial charge in [-0.15, -0.1) is 0 Å². The molecule has 1 atom stereocenters. The van der Waals surface area contributed by atoms with E-state index in [1.165, 1.54) is 0 Å². The zero-order valence-electron chi connectivity index (χ0n) is 12.4. The predicted octanol–water partition coefficient (Wildman–Crippen LogP) is 3.43. The summed E-state index contributed by atoms with van der Waals surface area (Å²) in [6.45, 7) is 0.0853. The van der Waals surface area contributed by atoms with Crippen LogP contribution in [0.3, 0.4) is 0 Å². The molecule has 1 radical (unpaired) electrons. The zero-order valence-corrected chi connectivity index (χ0v) is 13.2. The number of rotatable bonds is 6. The van der Waals surface area contributed by atoms with Crippen LogP contribution in [0.2, 0.25) is 5.02 Å². The summed E-state index contributed by atoms with van der Waals surface area (Å²) in [6, 6.07) is 12.7. The summed E-state index contributed by atoms with van der Waals surface area (Å²) < 4.78 is 10.1. The fourth-order valence-electron chi connectivity index (χ4n) is 1.87. The quantitative estimate of drug-likeness (QED) is 0.880. The minimum atomic E-state index is -0.907. The number of benzene rings is 2. The third-order valence-corrected chi connectivity index (χ3v) is 3.36. The van der Waals surface area contributed by atoms with E-state index in [-0.39, 0.29) is 6.61 Å². The molecule has 1 unspecified atom stereocenters. The first-order valence-electron chi connectivity index (χ1n) is 6.81. The SMILES string of the molecule is COc1ccc(COC(=O)NC([C]=O)c2ccc(Cl)cc2)cc1. The normalized spacial score (nSPS) is 11.4. The molecule has 6 heteroatoms. The van der Waals surface area contributed by atoms with Gasteiger partial charge in [0.05, 0.1) is 7.11 Å². The molecular formula is C17H15ClNO4. The third-order valence-electron chi connectivity index (χ3n) is 3.11. The highest BCUT2D eigenvalue weighted by atomic mass is 35.5. The predicted molar refractivity (Wildman–Crippen MR) is 86.2 cm³/mol. The lowest BCUT2D eigenvalue weighted by Gasteiger charge is -2.13. The molecule has 0 saturated heterocycles. The van der Waals surface area contributed by atoms with Gasteiger partial charge in [0.25, 0.3) is 0 Å². The van der Waals surface area contributed by atoms with E-state index < -0.39 is 12.1 Å². The van der Waals surface area contributed by atoms with Crippen LogP contribution in [0.4, 0.5) is 4.79 Å². The van der Waals surface area contributed by atoms with Gasteiger partial charge in [-0.2, -0.15) is 0 Å². The molecule has 0 fully saturated rings. The number of carbonyl (C=O) groups excluding carboxylic acids is 2. The number of hydrogen-bond acceptors (Lipinski definition) is 4. The maximum absolute atomic E-state index is 11.8. The van der Waals surface area contributed by atoms with Gasteiger partial charge in [-0.1, -0.05) is 35.9 Å². The van der Waals surface area contributed by atoms with Crippen molar-refractivity contribution in [2.24, 2.45) is 0 Å². The minimum absolute atomic E-state index is 0.0853. The Hall–Kier alpha value is -2.53. The summed E-state index contributed by atoms with van der Waals surface area (Å²) in [5.41, 5.74) is 1.38. The molecule has 1 amide bonds. The average Bonchev–Trinajstić information content (AvgIpc) is 2.59. The second kappa shape index (κ2) is 8.19. The molecule has 0 saturated carbocycles. The second-order valence-electron chi connectivity index (χ2n) is 4.67. The number of halogens is 1. The topological polar surface area (TPSA) is 64.6 Å². The van der Waals surface area contributed by atoms with Crippen LogP contribution in [0.5, 0.6) is 5.75 Å². The van der Waals surface area contributed by atoms with Gasteiger partial charge in [-0.05, 0) is 35.4 Å². The summed E-state index contributed by atoms with van der Waals surface area (Å²) in [7, 11) is 1.58. The maximum atomic E-state index is 11.8. The third kappa shape index (κ3) is 5.00. The van der Waals surface area contributed by atoms with Crippen molar-refractivity contribution in [3.05, 3.63) is 64.7 Å². The molecule has 0 spiro atoms. The first kappa shape index (κ1) is 16.8. The van der Waals surface area contributed by atoms with Crippen LogP contribution in [-0.4, -0.2) is 19.5 Å². The van der Waals surface area contributed by atoms with Crippen molar-refractivity contribution >= 4 is 24.0 Å². The number of carbonyl (C=O) groups is 1. The van der Waals surface area contributed by atoms with Gasteiger partial charge in [0, 0.05) is 5.02 Å². The van der Waals surface area contributed by atoms with Crippen LogP contribution in [0.15, 0.2) is 48.5 Å². The molecule has 119 valence electrons. The second-order valence-corrected chi connectivity index (χ2v) is 5.11. The van der Waals surface area contributed by atoms with Crippen molar-refractivity contribution in [3.8, 4) is 5.75 Å². The molecule has 0 aliphatic rings. The van der Waals surface area contributed by atoms with Gasteiger partial charge >= 0.3 is 6.09 Å². The summed E-state index contributed by atoms with van der Waals surface area (Å²) in [4.78, 5) is 22.8. The van der Waals surface area contributed by atoms with Gasteiger partial charge in [-0.3, -0.25) is 4.79 Å². The van der Waals surface area contributed by atoms with Crippen LogP contribution in [0, 0.1) is 0 Å². The first-order chi connectivity index (χ1) is 11.1. The Morgan fingerprint density at radius 1 is 1.17 bits per heavy atom. The van der Waals surface area contributed by atoms with E-state index >= 15 is 0 Å². The van der Waals surface area contributed by atoms with E-state index in [0.29, 0.717) is 10.6 Å². The maximum Gasteiger partial charge on any atom is 0.408 e. The van der Waals surface area contributed by atoms with Gasteiger partial charge in [-0.25, -0.2) is 4.79 Å². The lowest BCUT2D eigenvalue weighted by atomic mass is 10.1. The summed E-state index contributed by atoms with van der Waals surface area (Å²) in [5, 5.41) is 2.98. The van der Waals surface area contributed by atoms with Crippen molar-refractivity contribution in [1.29, 1.82) is 0 Å². The van der Waals surface area contributed by atoms with Gasteiger partial charge in [0.1, 0.15) is 18.4 Å². The molecule has 1 N–H and O–H groups in total. The van der Waals surface area contributed by atoms with E-state index in [2.05, 4.69) is 5.32 Å². The molecule has 0 heterocycles. The fourth-order valence-corrected chi connectivity index (χ4v) is 1.99. The van der Waals surface area contributed by atoms with Crippen LogP contribution in [0.1, 0.15) is 17.2 Å². The summed E-state index contributed by atoms with van der Waals surface area (Å²) >= 11 is 5.78. The lowest BCUT2D eigenvalue weighted by molar-refractivity contribution is 0.138. The van der Waals surface area contributed by atoms with Crippen molar-refractivity contribution in [2.45, 2.75) is 12.6 Å². The lowest BCUT2D eigenvalue weighted by Crippen LogP contribution is -2.29. The molecule has 23 heavy (non-hydrogen) atoms. The molecule has 5 nitrogen and oxygen atoms in total. The van der Waals surface area contributed by atoms with E-state index in [9.17, 15) is 9.59 Å². The molecule has 2 rings (SSSR count). The highest BCUT2D eigenvalue weighted by molar-refractivity contribution is 6.30. The smallest absolute Gasteiger partial charge is 0.408 e.